The molecule has 0 bridgehead atoms. The first-order chi connectivity index (χ1) is 11.6. The van der Waals surface area contributed by atoms with Crippen LogP contribution in [0, 0.1) is 11.8 Å². The summed E-state index contributed by atoms with van der Waals surface area (Å²) in [4.78, 5) is 6.71. The number of rotatable bonds is 5. The molecule has 4 heteroatoms. The molecule has 1 N–H and O–H groups in total. The Morgan fingerprint density at radius 3 is 2.67 bits per heavy atom. The first kappa shape index (κ1) is 18.2. The number of hydrogen-bond donors (Lipinski definition) is 1. The summed E-state index contributed by atoms with van der Waals surface area (Å²) in [7, 11) is 0. The summed E-state index contributed by atoms with van der Waals surface area (Å²) >= 11 is 6.13. The van der Waals surface area contributed by atoms with Gasteiger partial charge in [-0.05, 0) is 55.8 Å². The van der Waals surface area contributed by atoms with Crippen LogP contribution in [0.15, 0.2) is 18.3 Å². The average Bonchev–Trinajstić information content (AvgIpc) is 3.10. The van der Waals surface area contributed by atoms with Crippen LogP contribution in [0.1, 0.15) is 64.4 Å². The number of aromatic nitrogens is 1. The van der Waals surface area contributed by atoms with Crippen LogP contribution in [-0.2, 0) is 5.60 Å². The fourth-order valence-corrected chi connectivity index (χ4v) is 5.18. The second-order valence-corrected chi connectivity index (χ2v) is 8.13. The van der Waals surface area contributed by atoms with Crippen LogP contribution in [0.3, 0.4) is 0 Å². The lowest BCUT2D eigenvalue weighted by atomic mass is 9.65. The monoisotopic (exact) mass is 350 g/mol. The van der Waals surface area contributed by atoms with Gasteiger partial charge in [0, 0.05) is 24.7 Å². The van der Waals surface area contributed by atoms with Crippen LogP contribution < -0.4 is 0 Å². The first-order valence-electron chi connectivity index (χ1n) is 9.64. The number of aliphatic hydroxyl groups is 1. The minimum Gasteiger partial charge on any atom is -0.385 e. The molecular weight excluding hydrogens is 320 g/mol. The number of hydrogen-bond acceptors (Lipinski definition) is 3. The number of nitrogens with zero attached hydrogens (tertiary/aromatic N) is 2. The van der Waals surface area contributed by atoms with Gasteiger partial charge in [0.2, 0.25) is 0 Å². The van der Waals surface area contributed by atoms with E-state index in [4.69, 9.17) is 11.6 Å². The molecule has 1 aromatic heterocycles. The largest absolute Gasteiger partial charge is 0.385 e. The number of pyridine rings is 1. The van der Waals surface area contributed by atoms with E-state index in [0.717, 1.165) is 31.5 Å². The van der Waals surface area contributed by atoms with Crippen molar-refractivity contribution in [2.24, 2.45) is 11.8 Å². The molecule has 3 nitrogen and oxygen atoms in total. The van der Waals surface area contributed by atoms with E-state index in [9.17, 15) is 5.11 Å². The topological polar surface area (TPSA) is 36.4 Å². The van der Waals surface area contributed by atoms with Crippen LogP contribution in [0.2, 0.25) is 5.15 Å². The molecule has 2 fully saturated rings. The zero-order valence-corrected chi connectivity index (χ0v) is 15.8. The second kappa shape index (κ2) is 7.72. The smallest absolute Gasteiger partial charge is 0.129 e. The summed E-state index contributed by atoms with van der Waals surface area (Å²) in [5, 5.41) is 12.2. The molecule has 2 aliphatic carbocycles. The van der Waals surface area contributed by atoms with Crippen molar-refractivity contribution in [1.29, 1.82) is 0 Å². The van der Waals surface area contributed by atoms with Gasteiger partial charge in [-0.2, -0.15) is 0 Å². The molecule has 0 spiro atoms. The molecule has 1 heterocycles. The molecule has 0 aliphatic heterocycles. The molecule has 1 aromatic rings. The maximum atomic E-state index is 11.8. The van der Waals surface area contributed by atoms with Crippen LogP contribution in [0.25, 0.3) is 0 Å². The fourth-order valence-electron chi connectivity index (χ4n) is 5.00. The minimum atomic E-state index is -0.795. The van der Waals surface area contributed by atoms with Gasteiger partial charge in [-0.1, -0.05) is 44.7 Å². The first-order valence-corrected chi connectivity index (χ1v) is 10.0. The Bertz CT molecular complexity index is 546. The van der Waals surface area contributed by atoms with Crippen molar-refractivity contribution in [2.45, 2.75) is 70.4 Å². The molecule has 0 amide bonds. The van der Waals surface area contributed by atoms with Gasteiger partial charge in [-0.15, -0.1) is 0 Å². The summed E-state index contributed by atoms with van der Waals surface area (Å²) < 4.78 is 0. The van der Waals surface area contributed by atoms with Crippen LogP contribution in [0.4, 0.5) is 0 Å². The summed E-state index contributed by atoms with van der Waals surface area (Å²) in [6, 6.07) is 4.52. The van der Waals surface area contributed by atoms with Gasteiger partial charge in [0.25, 0.3) is 0 Å². The van der Waals surface area contributed by atoms with E-state index < -0.39 is 5.60 Å². The van der Waals surface area contributed by atoms with Crippen LogP contribution in [-0.4, -0.2) is 34.1 Å². The van der Waals surface area contributed by atoms with E-state index in [-0.39, 0.29) is 11.8 Å². The summed E-state index contributed by atoms with van der Waals surface area (Å²) in [6.45, 7) is 6.50. The van der Waals surface area contributed by atoms with E-state index >= 15 is 0 Å². The van der Waals surface area contributed by atoms with Gasteiger partial charge in [-0.3, -0.25) is 0 Å². The molecule has 3 atom stereocenters. The quantitative estimate of drug-likeness (QED) is 0.787. The fraction of sp³-hybridized carbons (Fsp3) is 0.750. The lowest BCUT2D eigenvalue weighted by Crippen LogP contribution is -2.50. The van der Waals surface area contributed by atoms with Crippen molar-refractivity contribution in [1.82, 2.24) is 9.88 Å². The molecule has 2 aliphatic rings. The van der Waals surface area contributed by atoms with Gasteiger partial charge in [0.1, 0.15) is 5.15 Å². The minimum absolute atomic E-state index is 0.247. The Labute approximate surface area is 151 Å². The van der Waals surface area contributed by atoms with E-state index in [0.29, 0.717) is 11.2 Å². The Balaban J connectivity index is 1.85. The van der Waals surface area contributed by atoms with Crippen molar-refractivity contribution in [3.05, 3.63) is 29.0 Å². The summed E-state index contributed by atoms with van der Waals surface area (Å²) in [5.41, 5.74) is 0.152. The highest BCUT2D eigenvalue weighted by molar-refractivity contribution is 6.29. The third-order valence-electron chi connectivity index (χ3n) is 6.45. The van der Waals surface area contributed by atoms with Crippen molar-refractivity contribution >= 4 is 11.6 Å². The van der Waals surface area contributed by atoms with Gasteiger partial charge in [-0.25, -0.2) is 4.98 Å². The molecule has 2 saturated carbocycles. The maximum absolute atomic E-state index is 11.8. The standard InChI is InChI=1S/C20H31ClN2O/c1-3-23(18-9-4-5-10-18)14-17-8-6-7-15(2)20(17,24)16-11-12-22-19(21)13-16/h11-13,15,17-18,24H,3-10,14H2,1-2H3. The Morgan fingerprint density at radius 2 is 2.00 bits per heavy atom. The lowest BCUT2D eigenvalue weighted by molar-refractivity contribution is -0.106. The van der Waals surface area contributed by atoms with Crippen LogP contribution >= 0.6 is 11.6 Å². The second-order valence-electron chi connectivity index (χ2n) is 7.75. The zero-order chi connectivity index (χ0) is 17.2. The van der Waals surface area contributed by atoms with Crippen molar-refractivity contribution in [3.8, 4) is 0 Å². The molecule has 3 unspecified atom stereocenters. The molecule has 0 aromatic carbocycles. The van der Waals surface area contributed by atoms with E-state index in [1.165, 1.54) is 32.1 Å². The van der Waals surface area contributed by atoms with Crippen LogP contribution in [0.5, 0.6) is 0 Å². The van der Waals surface area contributed by atoms with Gasteiger partial charge < -0.3 is 10.0 Å². The SMILES string of the molecule is CCN(CC1CCCC(C)C1(O)c1ccnc(Cl)c1)C1CCCC1. The van der Waals surface area contributed by atoms with E-state index in [1.54, 1.807) is 6.20 Å². The maximum Gasteiger partial charge on any atom is 0.129 e. The van der Waals surface area contributed by atoms with E-state index in [2.05, 4.69) is 23.7 Å². The van der Waals surface area contributed by atoms with Crippen molar-refractivity contribution < 1.29 is 5.11 Å². The Hall–Kier alpha value is -0.640. The molecule has 0 saturated heterocycles. The molecule has 3 rings (SSSR count). The van der Waals surface area contributed by atoms with Gasteiger partial charge in [0.05, 0.1) is 5.60 Å². The van der Waals surface area contributed by atoms with E-state index in [1.807, 2.05) is 12.1 Å². The normalized spacial score (nSPS) is 31.7. The third-order valence-corrected chi connectivity index (χ3v) is 6.66. The predicted octanol–water partition coefficient (Wildman–Crippen LogP) is 4.62. The Morgan fingerprint density at radius 1 is 1.25 bits per heavy atom. The third kappa shape index (κ3) is 3.49. The average molecular weight is 351 g/mol. The molecule has 0 radical (unpaired) electrons. The highest BCUT2D eigenvalue weighted by atomic mass is 35.5. The highest BCUT2D eigenvalue weighted by Gasteiger charge is 2.46. The molecule has 134 valence electrons. The van der Waals surface area contributed by atoms with Crippen molar-refractivity contribution in [3.63, 3.8) is 0 Å². The predicted molar refractivity (Wildman–Crippen MR) is 99.2 cm³/mol. The summed E-state index contributed by atoms with van der Waals surface area (Å²) in [5.74, 6) is 0.511. The number of halogens is 1. The molecule has 24 heavy (non-hydrogen) atoms. The van der Waals surface area contributed by atoms with Gasteiger partial charge >= 0.3 is 0 Å². The Kier molecular flexibility index (Phi) is 5.84. The van der Waals surface area contributed by atoms with Gasteiger partial charge in [0.15, 0.2) is 0 Å². The highest BCUT2D eigenvalue weighted by Crippen LogP contribution is 2.46. The lowest BCUT2D eigenvalue weighted by Gasteiger charge is -2.47. The zero-order valence-electron chi connectivity index (χ0n) is 15.0. The van der Waals surface area contributed by atoms with Crippen molar-refractivity contribution in [2.75, 3.05) is 13.1 Å². The summed E-state index contributed by atoms with van der Waals surface area (Å²) in [6.07, 6.45) is 10.4. The molecular formula is C20H31ClN2O.